The van der Waals surface area contributed by atoms with E-state index in [1.54, 1.807) is 24.2 Å². The van der Waals surface area contributed by atoms with Crippen LogP contribution in [0.4, 0.5) is 17.5 Å². The van der Waals surface area contributed by atoms with Crippen LogP contribution in [-0.4, -0.2) is 39.2 Å². The Labute approximate surface area is 174 Å². The molecule has 2 heterocycles. The van der Waals surface area contributed by atoms with E-state index in [0.717, 1.165) is 11.3 Å². The number of ether oxygens (including phenoxy) is 1. The summed E-state index contributed by atoms with van der Waals surface area (Å²) in [5.41, 5.74) is 1.59. The van der Waals surface area contributed by atoms with Crippen LogP contribution in [0.2, 0.25) is 5.02 Å². The van der Waals surface area contributed by atoms with Crippen molar-refractivity contribution in [3.8, 4) is 0 Å². The molecule has 0 amide bonds. The minimum absolute atomic E-state index is 0.0321. The number of hydrogen-bond acceptors (Lipinski definition) is 7. The third-order valence-corrected chi connectivity index (χ3v) is 4.49. The van der Waals surface area contributed by atoms with Crippen molar-refractivity contribution in [2.75, 3.05) is 24.4 Å². The third kappa shape index (κ3) is 5.75. The Balaban J connectivity index is 1.82. The Morgan fingerprint density at radius 1 is 1.28 bits per heavy atom. The molecule has 29 heavy (non-hydrogen) atoms. The molecule has 0 saturated heterocycles. The lowest BCUT2D eigenvalue weighted by atomic mass is 9.99. The molecule has 0 saturated carbocycles. The maximum atomic E-state index is 12.9. The second-order valence-electron chi connectivity index (χ2n) is 6.47. The van der Waals surface area contributed by atoms with Crippen molar-refractivity contribution in [2.24, 2.45) is 7.05 Å². The van der Waals surface area contributed by atoms with Crippen molar-refractivity contribution in [1.29, 1.82) is 0 Å². The lowest BCUT2D eigenvalue weighted by Crippen LogP contribution is -2.22. The predicted octanol–water partition coefficient (Wildman–Crippen LogP) is 3.76. The van der Waals surface area contributed by atoms with Crippen LogP contribution in [0, 0.1) is 0 Å². The van der Waals surface area contributed by atoms with Crippen LogP contribution in [0.5, 0.6) is 0 Å². The normalized spacial score (nSPS) is 11.8. The van der Waals surface area contributed by atoms with Gasteiger partial charge in [-0.15, -0.1) is 0 Å². The van der Waals surface area contributed by atoms with E-state index in [9.17, 15) is 4.79 Å². The molecule has 1 atom stereocenters. The highest BCUT2D eigenvalue weighted by atomic mass is 35.5. The molecule has 0 radical (unpaired) electrons. The molecule has 2 N–H and O–H groups in total. The zero-order valence-corrected chi connectivity index (χ0v) is 17.1. The number of aromatic nitrogens is 4. The molecule has 0 aliphatic heterocycles. The summed E-state index contributed by atoms with van der Waals surface area (Å²) in [4.78, 5) is 21.5. The van der Waals surface area contributed by atoms with Gasteiger partial charge in [0.25, 0.3) is 0 Å². The van der Waals surface area contributed by atoms with E-state index in [-0.39, 0.29) is 5.78 Å². The number of methoxy groups -OCH3 is 1. The Morgan fingerprint density at radius 2 is 2.07 bits per heavy atom. The standard InChI is InChI=1S/C20H23ClN6O2/c1-27-13-15(11-23-27)24-20-22-12-16(21)19(26-20)25-18(14-7-4-3-5-8-14)17(28)9-6-10-29-2/h3-5,7-8,11-13,18H,6,9-10H2,1-2H3,(H2,22,24,25,26)/t18-/m0/s1. The van der Waals surface area contributed by atoms with E-state index in [0.29, 0.717) is 36.2 Å². The van der Waals surface area contributed by atoms with Crippen molar-refractivity contribution in [3.05, 3.63) is 59.5 Å². The molecule has 0 aliphatic rings. The Hall–Kier alpha value is -2.97. The first-order valence-electron chi connectivity index (χ1n) is 9.18. The highest BCUT2D eigenvalue weighted by Gasteiger charge is 2.22. The fourth-order valence-electron chi connectivity index (χ4n) is 2.81. The molecular weight excluding hydrogens is 392 g/mol. The minimum Gasteiger partial charge on any atom is -0.385 e. The Bertz CT molecular complexity index is 947. The molecule has 0 aliphatic carbocycles. The summed E-state index contributed by atoms with van der Waals surface area (Å²) in [6.07, 6.45) is 5.98. The van der Waals surface area contributed by atoms with Gasteiger partial charge in [-0.05, 0) is 12.0 Å². The molecule has 0 unspecified atom stereocenters. The average Bonchev–Trinajstić information content (AvgIpc) is 3.13. The number of benzene rings is 1. The molecule has 152 valence electrons. The van der Waals surface area contributed by atoms with Crippen LogP contribution in [0.25, 0.3) is 0 Å². The van der Waals surface area contributed by atoms with Gasteiger partial charge in [-0.1, -0.05) is 41.9 Å². The number of ketones is 1. The van der Waals surface area contributed by atoms with E-state index in [4.69, 9.17) is 16.3 Å². The summed E-state index contributed by atoms with van der Waals surface area (Å²) >= 11 is 6.30. The fourth-order valence-corrected chi connectivity index (χ4v) is 2.96. The van der Waals surface area contributed by atoms with Gasteiger partial charge in [0.15, 0.2) is 11.6 Å². The summed E-state index contributed by atoms with van der Waals surface area (Å²) < 4.78 is 6.73. The van der Waals surface area contributed by atoms with E-state index in [2.05, 4.69) is 25.7 Å². The maximum absolute atomic E-state index is 12.9. The summed E-state index contributed by atoms with van der Waals surface area (Å²) in [6, 6.07) is 8.91. The number of rotatable bonds is 10. The summed E-state index contributed by atoms with van der Waals surface area (Å²) in [7, 11) is 3.44. The van der Waals surface area contributed by atoms with Crippen LogP contribution in [0.3, 0.4) is 0 Å². The van der Waals surface area contributed by atoms with Crippen molar-refractivity contribution >= 4 is 34.8 Å². The number of carbonyl (C=O) groups excluding carboxylic acids is 1. The number of hydrogen-bond donors (Lipinski definition) is 2. The van der Waals surface area contributed by atoms with Crippen molar-refractivity contribution in [3.63, 3.8) is 0 Å². The Kier molecular flexibility index (Phi) is 7.15. The molecular formula is C20H23ClN6O2. The molecule has 9 heteroatoms. The highest BCUT2D eigenvalue weighted by Crippen LogP contribution is 2.27. The van der Waals surface area contributed by atoms with Crippen LogP contribution < -0.4 is 10.6 Å². The van der Waals surface area contributed by atoms with E-state index in [1.807, 2.05) is 37.4 Å². The first-order valence-corrected chi connectivity index (χ1v) is 9.56. The minimum atomic E-state index is -0.577. The van der Waals surface area contributed by atoms with Crippen LogP contribution in [0.15, 0.2) is 48.9 Å². The quantitative estimate of drug-likeness (QED) is 0.488. The smallest absolute Gasteiger partial charge is 0.229 e. The number of nitrogens with one attached hydrogen (secondary N) is 2. The number of nitrogens with zero attached hydrogens (tertiary/aromatic N) is 4. The van der Waals surface area contributed by atoms with Gasteiger partial charge in [0.1, 0.15) is 11.1 Å². The second-order valence-corrected chi connectivity index (χ2v) is 6.88. The van der Waals surface area contributed by atoms with Gasteiger partial charge in [-0.2, -0.15) is 10.1 Å². The SMILES string of the molecule is COCCCC(=O)[C@@H](Nc1nc(Nc2cnn(C)c2)ncc1Cl)c1ccccc1. The van der Waals surface area contributed by atoms with Gasteiger partial charge < -0.3 is 15.4 Å². The molecule has 0 spiro atoms. The van der Waals surface area contributed by atoms with E-state index < -0.39 is 6.04 Å². The van der Waals surface area contributed by atoms with Crippen LogP contribution in [-0.2, 0) is 16.6 Å². The van der Waals surface area contributed by atoms with E-state index >= 15 is 0 Å². The lowest BCUT2D eigenvalue weighted by molar-refractivity contribution is -0.120. The first kappa shape index (κ1) is 20.8. The Morgan fingerprint density at radius 3 is 2.76 bits per heavy atom. The summed E-state index contributed by atoms with van der Waals surface area (Å²) in [6.45, 7) is 0.528. The van der Waals surface area contributed by atoms with Crippen molar-refractivity contribution in [2.45, 2.75) is 18.9 Å². The third-order valence-electron chi connectivity index (χ3n) is 4.21. The van der Waals surface area contributed by atoms with E-state index in [1.165, 1.54) is 6.20 Å². The molecule has 1 aromatic carbocycles. The molecule has 8 nitrogen and oxygen atoms in total. The first-order chi connectivity index (χ1) is 14.1. The molecule has 3 rings (SSSR count). The summed E-state index contributed by atoms with van der Waals surface area (Å²) in [5.74, 6) is 0.759. The topological polar surface area (TPSA) is 94.0 Å². The lowest BCUT2D eigenvalue weighted by Gasteiger charge is -2.20. The van der Waals surface area contributed by atoms with Crippen molar-refractivity contribution < 1.29 is 9.53 Å². The highest BCUT2D eigenvalue weighted by molar-refractivity contribution is 6.32. The molecule has 0 bridgehead atoms. The molecule has 2 aromatic heterocycles. The second kappa shape index (κ2) is 9.99. The monoisotopic (exact) mass is 414 g/mol. The number of aryl methyl sites for hydroxylation is 1. The fraction of sp³-hybridized carbons (Fsp3) is 0.300. The molecule has 0 fully saturated rings. The van der Waals surface area contributed by atoms with Gasteiger partial charge in [-0.3, -0.25) is 9.48 Å². The molecule has 3 aromatic rings. The number of Topliss-reactive ketones (excluding diaryl/α,β-unsaturated/α-hetero) is 1. The number of anilines is 3. The van der Waals surface area contributed by atoms with Crippen LogP contribution >= 0.6 is 11.6 Å². The largest absolute Gasteiger partial charge is 0.385 e. The van der Waals surface area contributed by atoms with Gasteiger partial charge in [0.05, 0.1) is 18.1 Å². The number of carbonyl (C=O) groups is 1. The predicted molar refractivity (Wildman–Crippen MR) is 112 cm³/mol. The van der Waals surface area contributed by atoms with Gasteiger partial charge in [0.2, 0.25) is 5.95 Å². The zero-order chi connectivity index (χ0) is 20.6. The maximum Gasteiger partial charge on any atom is 0.229 e. The van der Waals surface area contributed by atoms with Gasteiger partial charge in [0, 0.05) is 33.4 Å². The number of halogens is 1. The van der Waals surface area contributed by atoms with Gasteiger partial charge >= 0.3 is 0 Å². The van der Waals surface area contributed by atoms with Gasteiger partial charge in [-0.25, -0.2) is 4.98 Å². The average molecular weight is 415 g/mol. The van der Waals surface area contributed by atoms with Crippen LogP contribution in [0.1, 0.15) is 24.4 Å². The zero-order valence-electron chi connectivity index (χ0n) is 16.3. The van der Waals surface area contributed by atoms with Crippen molar-refractivity contribution in [1.82, 2.24) is 19.7 Å². The summed E-state index contributed by atoms with van der Waals surface area (Å²) in [5, 5.41) is 10.7.